The Morgan fingerprint density at radius 3 is 2.57 bits per heavy atom. The van der Waals surface area contributed by atoms with Crippen molar-refractivity contribution >= 4 is 40.0 Å². The summed E-state index contributed by atoms with van der Waals surface area (Å²) >= 11 is 7.78. The quantitative estimate of drug-likeness (QED) is 0.435. The maximum absolute atomic E-state index is 13.1. The number of hydrogen-bond acceptors (Lipinski definition) is 4. The molecule has 2 aromatic heterocycles. The molecule has 0 amide bonds. The van der Waals surface area contributed by atoms with Crippen LogP contribution in [0.3, 0.4) is 0 Å². The van der Waals surface area contributed by atoms with Gasteiger partial charge in [0.2, 0.25) is 5.78 Å². The van der Waals surface area contributed by atoms with E-state index in [4.69, 9.17) is 11.6 Å². The minimum atomic E-state index is -0.0822. The average molecular weight is 413 g/mol. The van der Waals surface area contributed by atoms with Gasteiger partial charge in [0.1, 0.15) is 0 Å². The maximum Gasteiger partial charge on any atom is 0.262 e. The Labute approximate surface area is 172 Å². The van der Waals surface area contributed by atoms with Gasteiger partial charge in [-0.25, -0.2) is 0 Å². The fourth-order valence-corrected chi connectivity index (χ4v) is 4.28. The Balaban J connectivity index is 1.86. The van der Waals surface area contributed by atoms with Crippen molar-refractivity contribution < 1.29 is 0 Å². The van der Waals surface area contributed by atoms with Crippen LogP contribution in [0.15, 0.2) is 52.4 Å². The van der Waals surface area contributed by atoms with E-state index in [-0.39, 0.29) is 5.56 Å². The van der Waals surface area contributed by atoms with Gasteiger partial charge < -0.3 is 0 Å². The summed E-state index contributed by atoms with van der Waals surface area (Å²) in [7, 11) is 0. The molecule has 4 aromatic rings. The maximum atomic E-state index is 13.1. The molecule has 144 valence electrons. The van der Waals surface area contributed by atoms with Crippen molar-refractivity contribution in [3.05, 3.63) is 69.0 Å². The first-order valence-electron chi connectivity index (χ1n) is 9.19. The first-order chi connectivity index (χ1) is 13.4. The van der Waals surface area contributed by atoms with Gasteiger partial charge in [-0.3, -0.25) is 13.8 Å². The van der Waals surface area contributed by atoms with Gasteiger partial charge in [0.25, 0.3) is 5.56 Å². The van der Waals surface area contributed by atoms with E-state index in [1.165, 1.54) is 11.1 Å². The van der Waals surface area contributed by atoms with Crippen molar-refractivity contribution in [3.8, 4) is 0 Å². The third-order valence-electron chi connectivity index (χ3n) is 4.57. The number of rotatable bonds is 5. The third-order valence-corrected chi connectivity index (χ3v) is 5.80. The molecular formula is C21H21ClN4OS. The molecule has 0 saturated carbocycles. The van der Waals surface area contributed by atoms with Gasteiger partial charge >= 0.3 is 0 Å². The van der Waals surface area contributed by atoms with E-state index in [2.05, 4.69) is 55.2 Å². The number of nitrogens with zero attached hydrogens (tertiary/aromatic N) is 4. The Hall–Kier alpha value is -2.31. The topological polar surface area (TPSA) is 52.2 Å². The summed E-state index contributed by atoms with van der Waals surface area (Å²) in [5, 5.41) is 10.6. The van der Waals surface area contributed by atoms with Crippen LogP contribution in [0.4, 0.5) is 0 Å². The fourth-order valence-electron chi connectivity index (χ4n) is 3.21. The van der Waals surface area contributed by atoms with E-state index in [0.717, 1.165) is 16.4 Å². The highest BCUT2D eigenvalue weighted by atomic mass is 35.5. The number of thioether (sulfide) groups is 1. The highest BCUT2D eigenvalue weighted by Gasteiger charge is 2.18. The summed E-state index contributed by atoms with van der Waals surface area (Å²) in [4.78, 5) is 13.1. The smallest absolute Gasteiger partial charge is 0.262 e. The van der Waals surface area contributed by atoms with Gasteiger partial charge in [-0.2, -0.15) is 0 Å². The molecule has 2 heterocycles. The van der Waals surface area contributed by atoms with Crippen LogP contribution in [-0.4, -0.2) is 19.2 Å². The standard InChI is InChI=1S/C21H21ClN4OS/c1-13(2)11-25-19(27)17-10-16(22)8-9-18(17)26-20(25)23-24-21(26)28-12-15-6-4-14(3)5-7-15/h4-10,13H,11-12H2,1-3H3. The molecular weight excluding hydrogens is 392 g/mol. The van der Waals surface area contributed by atoms with Gasteiger partial charge in [-0.05, 0) is 36.6 Å². The fraction of sp³-hybridized carbons (Fsp3) is 0.286. The molecule has 0 saturated heterocycles. The number of aryl methyl sites for hydroxylation is 1. The van der Waals surface area contributed by atoms with Gasteiger partial charge in [-0.15, -0.1) is 10.2 Å². The second kappa shape index (κ2) is 7.60. The molecule has 0 unspecified atom stereocenters. The van der Waals surface area contributed by atoms with Crippen LogP contribution in [0.1, 0.15) is 25.0 Å². The Kier molecular flexibility index (Phi) is 5.17. The first-order valence-corrected chi connectivity index (χ1v) is 10.6. The molecule has 28 heavy (non-hydrogen) atoms. The molecule has 0 aliphatic rings. The van der Waals surface area contributed by atoms with E-state index < -0.39 is 0 Å². The van der Waals surface area contributed by atoms with Crippen molar-refractivity contribution in [1.82, 2.24) is 19.2 Å². The van der Waals surface area contributed by atoms with E-state index in [9.17, 15) is 4.79 Å². The lowest BCUT2D eigenvalue weighted by molar-refractivity contribution is 0.517. The third kappa shape index (κ3) is 3.54. The highest BCUT2D eigenvalue weighted by Crippen LogP contribution is 2.26. The van der Waals surface area contributed by atoms with Crippen molar-refractivity contribution in [1.29, 1.82) is 0 Å². The minimum Gasteiger partial charge on any atom is -0.276 e. The normalized spacial score (nSPS) is 11.8. The lowest BCUT2D eigenvalue weighted by Crippen LogP contribution is -2.25. The molecule has 0 bridgehead atoms. The molecule has 2 aromatic carbocycles. The molecule has 0 aliphatic heterocycles. The van der Waals surface area contributed by atoms with Gasteiger partial charge in [0.05, 0.1) is 10.9 Å². The molecule has 0 fully saturated rings. The predicted octanol–water partition coefficient (Wildman–Crippen LogP) is 4.95. The molecule has 0 spiro atoms. The molecule has 5 nitrogen and oxygen atoms in total. The van der Waals surface area contributed by atoms with E-state index in [0.29, 0.717) is 28.6 Å². The Morgan fingerprint density at radius 1 is 1.11 bits per heavy atom. The van der Waals surface area contributed by atoms with Gasteiger partial charge in [0.15, 0.2) is 5.16 Å². The predicted molar refractivity (Wildman–Crippen MR) is 115 cm³/mol. The van der Waals surface area contributed by atoms with E-state index >= 15 is 0 Å². The average Bonchev–Trinajstić information content (AvgIpc) is 3.08. The number of halogens is 1. The van der Waals surface area contributed by atoms with Crippen LogP contribution < -0.4 is 5.56 Å². The number of benzene rings is 2. The van der Waals surface area contributed by atoms with Crippen LogP contribution in [0.2, 0.25) is 5.02 Å². The summed E-state index contributed by atoms with van der Waals surface area (Å²) in [5.74, 6) is 1.65. The zero-order chi connectivity index (χ0) is 19.8. The second-order valence-corrected chi connectivity index (χ2v) is 8.74. The van der Waals surface area contributed by atoms with Crippen molar-refractivity contribution in [2.45, 2.75) is 38.2 Å². The largest absolute Gasteiger partial charge is 0.276 e. The van der Waals surface area contributed by atoms with Crippen molar-refractivity contribution in [2.75, 3.05) is 0 Å². The zero-order valence-electron chi connectivity index (χ0n) is 16.0. The summed E-state index contributed by atoms with van der Waals surface area (Å²) < 4.78 is 3.67. The molecule has 0 radical (unpaired) electrons. The second-order valence-electron chi connectivity index (χ2n) is 7.36. The monoisotopic (exact) mass is 412 g/mol. The lowest BCUT2D eigenvalue weighted by Gasteiger charge is -2.13. The van der Waals surface area contributed by atoms with Gasteiger partial charge in [0, 0.05) is 17.3 Å². The zero-order valence-corrected chi connectivity index (χ0v) is 17.6. The van der Waals surface area contributed by atoms with E-state index in [1.54, 1.807) is 28.5 Å². The van der Waals surface area contributed by atoms with Crippen LogP contribution >= 0.6 is 23.4 Å². The Morgan fingerprint density at radius 2 is 1.86 bits per heavy atom. The van der Waals surface area contributed by atoms with Crippen molar-refractivity contribution in [2.24, 2.45) is 5.92 Å². The van der Waals surface area contributed by atoms with Crippen LogP contribution in [0, 0.1) is 12.8 Å². The van der Waals surface area contributed by atoms with Crippen molar-refractivity contribution in [3.63, 3.8) is 0 Å². The SMILES string of the molecule is Cc1ccc(CSc2nnc3n(CC(C)C)c(=O)c4cc(Cl)ccc4n23)cc1. The Bertz CT molecular complexity index is 1210. The lowest BCUT2D eigenvalue weighted by atomic mass is 10.2. The number of fused-ring (bicyclic) bond motifs is 3. The molecule has 0 N–H and O–H groups in total. The molecule has 7 heteroatoms. The van der Waals surface area contributed by atoms with Gasteiger partial charge in [-0.1, -0.05) is 67.0 Å². The summed E-state index contributed by atoms with van der Waals surface area (Å²) in [6, 6.07) is 13.8. The number of hydrogen-bond donors (Lipinski definition) is 0. The minimum absolute atomic E-state index is 0.0822. The van der Waals surface area contributed by atoms with Crippen LogP contribution in [-0.2, 0) is 12.3 Å². The summed E-state index contributed by atoms with van der Waals surface area (Å²) in [5.41, 5.74) is 3.15. The van der Waals surface area contributed by atoms with Crippen LogP contribution in [0.5, 0.6) is 0 Å². The summed E-state index contributed by atoms with van der Waals surface area (Å²) in [6.07, 6.45) is 0. The molecule has 4 rings (SSSR count). The first kappa shape index (κ1) is 19.0. The molecule has 0 aliphatic carbocycles. The highest BCUT2D eigenvalue weighted by molar-refractivity contribution is 7.98. The molecule has 0 atom stereocenters. The van der Waals surface area contributed by atoms with Crippen LogP contribution in [0.25, 0.3) is 16.7 Å². The summed E-state index contributed by atoms with van der Waals surface area (Å²) in [6.45, 7) is 6.81. The van der Waals surface area contributed by atoms with E-state index in [1.807, 2.05) is 10.5 Å². The number of aromatic nitrogens is 4.